The number of aromatic nitrogens is 3. The van der Waals surface area contributed by atoms with E-state index in [0.717, 1.165) is 36.0 Å². The van der Waals surface area contributed by atoms with E-state index in [9.17, 15) is 0 Å². The number of thiazole rings is 1. The van der Waals surface area contributed by atoms with Gasteiger partial charge in [0, 0.05) is 36.9 Å². The minimum Gasteiger partial charge on any atom is -0.337 e. The third-order valence-electron chi connectivity index (χ3n) is 3.20. The lowest BCUT2D eigenvalue weighted by molar-refractivity contribution is 0.664. The first-order valence-corrected chi connectivity index (χ1v) is 6.96. The summed E-state index contributed by atoms with van der Waals surface area (Å²) in [6, 6.07) is 2.27. The van der Waals surface area contributed by atoms with Crippen LogP contribution >= 0.6 is 11.3 Å². The standard InChI is InChI=1S/C12H15N5S/c13-8-9-2-1-6-17(9)12-15-4-3-10(16-12)11-14-5-7-18-11/h3-5,7,9H,1-2,6,8,13H2. The number of hydrogen-bond donors (Lipinski definition) is 1. The highest BCUT2D eigenvalue weighted by Gasteiger charge is 2.25. The molecule has 3 rings (SSSR count). The van der Waals surface area contributed by atoms with Crippen LogP contribution in [0.4, 0.5) is 5.95 Å². The van der Waals surface area contributed by atoms with Gasteiger partial charge in [-0.2, -0.15) is 0 Å². The molecule has 1 aliphatic rings. The Balaban J connectivity index is 1.91. The van der Waals surface area contributed by atoms with Crippen molar-refractivity contribution in [2.75, 3.05) is 18.0 Å². The first kappa shape index (κ1) is 11.6. The van der Waals surface area contributed by atoms with Crippen molar-refractivity contribution >= 4 is 17.3 Å². The van der Waals surface area contributed by atoms with Crippen molar-refractivity contribution in [3.63, 3.8) is 0 Å². The van der Waals surface area contributed by atoms with Gasteiger partial charge < -0.3 is 10.6 Å². The summed E-state index contributed by atoms with van der Waals surface area (Å²) >= 11 is 1.59. The van der Waals surface area contributed by atoms with Crippen LogP contribution in [-0.2, 0) is 0 Å². The fourth-order valence-electron chi connectivity index (χ4n) is 2.30. The number of nitrogens with two attached hydrogens (primary N) is 1. The molecule has 1 aliphatic heterocycles. The highest BCUT2D eigenvalue weighted by atomic mass is 32.1. The topological polar surface area (TPSA) is 67.9 Å². The molecule has 5 nitrogen and oxygen atoms in total. The lowest BCUT2D eigenvalue weighted by Crippen LogP contribution is -2.36. The Kier molecular flexibility index (Phi) is 3.21. The number of nitrogens with zero attached hydrogens (tertiary/aromatic N) is 4. The van der Waals surface area contributed by atoms with E-state index in [1.54, 1.807) is 23.7 Å². The zero-order valence-corrected chi connectivity index (χ0v) is 10.8. The molecule has 1 saturated heterocycles. The molecule has 2 aromatic heterocycles. The Hall–Kier alpha value is -1.53. The van der Waals surface area contributed by atoms with Gasteiger partial charge in [-0.15, -0.1) is 11.3 Å². The maximum Gasteiger partial charge on any atom is 0.226 e. The van der Waals surface area contributed by atoms with Crippen molar-refractivity contribution in [2.45, 2.75) is 18.9 Å². The predicted octanol–water partition coefficient (Wildman–Crippen LogP) is 1.53. The third-order valence-corrected chi connectivity index (χ3v) is 4.00. The molecule has 1 fully saturated rings. The van der Waals surface area contributed by atoms with Crippen LogP contribution in [0.2, 0.25) is 0 Å². The Labute approximate surface area is 110 Å². The molecule has 3 heterocycles. The highest BCUT2D eigenvalue weighted by Crippen LogP contribution is 2.25. The van der Waals surface area contributed by atoms with Gasteiger partial charge in [0.25, 0.3) is 0 Å². The molecule has 0 bridgehead atoms. The van der Waals surface area contributed by atoms with Crippen molar-refractivity contribution < 1.29 is 0 Å². The van der Waals surface area contributed by atoms with Gasteiger partial charge in [-0.25, -0.2) is 15.0 Å². The second-order valence-corrected chi connectivity index (χ2v) is 5.20. The van der Waals surface area contributed by atoms with E-state index < -0.39 is 0 Å². The molecule has 0 spiro atoms. The average molecular weight is 261 g/mol. The summed E-state index contributed by atoms with van der Waals surface area (Å²) in [4.78, 5) is 15.5. The van der Waals surface area contributed by atoms with E-state index >= 15 is 0 Å². The van der Waals surface area contributed by atoms with E-state index in [0.29, 0.717) is 12.6 Å². The van der Waals surface area contributed by atoms with Crippen molar-refractivity contribution in [3.8, 4) is 10.7 Å². The summed E-state index contributed by atoms with van der Waals surface area (Å²) < 4.78 is 0. The highest BCUT2D eigenvalue weighted by molar-refractivity contribution is 7.13. The Bertz CT molecular complexity index is 513. The smallest absolute Gasteiger partial charge is 0.226 e. The van der Waals surface area contributed by atoms with Crippen molar-refractivity contribution in [1.29, 1.82) is 0 Å². The Morgan fingerprint density at radius 3 is 3.11 bits per heavy atom. The van der Waals surface area contributed by atoms with Gasteiger partial charge in [0.05, 0.1) is 0 Å². The largest absolute Gasteiger partial charge is 0.337 e. The molecule has 2 aromatic rings. The first-order valence-electron chi connectivity index (χ1n) is 6.08. The first-order chi connectivity index (χ1) is 8.88. The summed E-state index contributed by atoms with van der Waals surface area (Å²) in [5.41, 5.74) is 6.67. The van der Waals surface area contributed by atoms with Crippen LogP contribution in [0.1, 0.15) is 12.8 Å². The Morgan fingerprint density at radius 1 is 1.39 bits per heavy atom. The van der Waals surface area contributed by atoms with Crippen LogP contribution < -0.4 is 10.6 Å². The molecular formula is C12H15N5S. The van der Waals surface area contributed by atoms with E-state index in [4.69, 9.17) is 5.73 Å². The minimum atomic E-state index is 0.372. The molecule has 1 unspecified atom stereocenters. The van der Waals surface area contributed by atoms with Crippen LogP contribution in [0.3, 0.4) is 0 Å². The summed E-state index contributed by atoms with van der Waals surface area (Å²) in [5, 5.41) is 2.89. The summed E-state index contributed by atoms with van der Waals surface area (Å²) in [7, 11) is 0. The average Bonchev–Trinajstić information content (AvgIpc) is 3.10. The van der Waals surface area contributed by atoms with Crippen LogP contribution in [-0.4, -0.2) is 34.1 Å². The maximum atomic E-state index is 5.79. The minimum absolute atomic E-state index is 0.372. The van der Waals surface area contributed by atoms with Crippen LogP contribution in [0.25, 0.3) is 10.7 Å². The second kappa shape index (κ2) is 4.99. The lowest BCUT2D eigenvalue weighted by atomic mass is 10.2. The van der Waals surface area contributed by atoms with Crippen LogP contribution in [0, 0.1) is 0 Å². The summed E-state index contributed by atoms with van der Waals surface area (Å²) in [6.45, 7) is 1.65. The molecule has 2 N–H and O–H groups in total. The van der Waals surface area contributed by atoms with Gasteiger partial charge in [-0.3, -0.25) is 0 Å². The number of hydrogen-bond acceptors (Lipinski definition) is 6. The van der Waals surface area contributed by atoms with E-state index in [2.05, 4.69) is 19.9 Å². The molecule has 0 radical (unpaired) electrons. The fourth-order valence-corrected chi connectivity index (χ4v) is 2.91. The van der Waals surface area contributed by atoms with Crippen molar-refractivity contribution in [2.24, 2.45) is 5.73 Å². The molecule has 0 aromatic carbocycles. The van der Waals surface area contributed by atoms with Crippen LogP contribution in [0.15, 0.2) is 23.8 Å². The molecule has 18 heavy (non-hydrogen) atoms. The van der Waals surface area contributed by atoms with Crippen molar-refractivity contribution in [3.05, 3.63) is 23.8 Å². The molecule has 0 saturated carbocycles. The number of rotatable bonds is 3. The van der Waals surface area contributed by atoms with Gasteiger partial charge >= 0.3 is 0 Å². The van der Waals surface area contributed by atoms with E-state index in [-0.39, 0.29) is 0 Å². The van der Waals surface area contributed by atoms with E-state index in [1.165, 1.54) is 0 Å². The zero-order valence-electron chi connectivity index (χ0n) is 9.99. The maximum absolute atomic E-state index is 5.79. The zero-order chi connectivity index (χ0) is 12.4. The molecule has 1 atom stereocenters. The predicted molar refractivity (Wildman–Crippen MR) is 72.6 cm³/mol. The van der Waals surface area contributed by atoms with Gasteiger partial charge in [-0.1, -0.05) is 0 Å². The molecule has 0 amide bonds. The lowest BCUT2D eigenvalue weighted by Gasteiger charge is -2.23. The molecular weight excluding hydrogens is 246 g/mol. The molecule has 0 aliphatic carbocycles. The van der Waals surface area contributed by atoms with Gasteiger partial charge in [-0.05, 0) is 18.9 Å². The molecule has 94 valence electrons. The third kappa shape index (κ3) is 2.09. The van der Waals surface area contributed by atoms with Crippen molar-refractivity contribution in [1.82, 2.24) is 15.0 Å². The van der Waals surface area contributed by atoms with Gasteiger partial charge in [0.15, 0.2) is 0 Å². The molecule has 6 heteroatoms. The monoisotopic (exact) mass is 261 g/mol. The Morgan fingerprint density at radius 2 is 2.33 bits per heavy atom. The normalized spacial score (nSPS) is 19.4. The summed E-state index contributed by atoms with van der Waals surface area (Å²) in [5.74, 6) is 0.774. The number of anilines is 1. The van der Waals surface area contributed by atoms with Crippen LogP contribution in [0.5, 0.6) is 0 Å². The quantitative estimate of drug-likeness (QED) is 0.907. The van der Waals surface area contributed by atoms with Gasteiger partial charge in [0.1, 0.15) is 10.7 Å². The SMILES string of the molecule is NCC1CCCN1c1nccc(-c2nccs2)n1. The van der Waals surface area contributed by atoms with E-state index in [1.807, 2.05) is 11.4 Å². The van der Waals surface area contributed by atoms with Gasteiger partial charge in [0.2, 0.25) is 5.95 Å². The fraction of sp³-hybridized carbons (Fsp3) is 0.417. The second-order valence-electron chi connectivity index (χ2n) is 4.30. The summed E-state index contributed by atoms with van der Waals surface area (Å²) in [6.07, 6.45) is 5.87.